The van der Waals surface area contributed by atoms with Crippen LogP contribution in [0.4, 0.5) is 0 Å². The molecule has 0 unspecified atom stereocenters. The van der Waals surface area contributed by atoms with Crippen molar-refractivity contribution in [1.82, 2.24) is 0 Å². The van der Waals surface area contributed by atoms with Crippen LogP contribution in [0.3, 0.4) is 0 Å². The van der Waals surface area contributed by atoms with E-state index in [4.69, 9.17) is 14.4 Å². The van der Waals surface area contributed by atoms with Crippen LogP contribution in [0.5, 0.6) is 0 Å². The van der Waals surface area contributed by atoms with Crippen LogP contribution in [0, 0.1) is 0 Å². The molecule has 0 aliphatic heterocycles. The predicted molar refractivity (Wildman–Crippen MR) is 244 cm³/mol. The number of benzene rings is 8. The normalized spacial score (nSPS) is 12.2. The van der Waals surface area contributed by atoms with Gasteiger partial charge in [0, 0.05) is 47.8 Å². The van der Waals surface area contributed by atoms with Crippen LogP contribution in [0.25, 0.3) is 81.2 Å². The summed E-state index contributed by atoms with van der Waals surface area (Å²) in [6.45, 7) is 6.55. The number of nitrogens with zero attached hydrogens (tertiary/aromatic N) is 2. The zero-order valence-corrected chi connectivity index (χ0v) is 32.1. The summed E-state index contributed by atoms with van der Waals surface area (Å²) in [7, 11) is 0. The highest BCUT2D eigenvalue weighted by molar-refractivity contribution is 7.25. The van der Waals surface area contributed by atoms with Crippen LogP contribution >= 0.6 is 11.3 Å². The van der Waals surface area contributed by atoms with Crippen LogP contribution in [0.15, 0.2) is 209 Å². The van der Waals surface area contributed by atoms with Gasteiger partial charge in [-0.25, -0.2) is 9.98 Å². The molecule has 57 heavy (non-hydrogen) atoms. The fourth-order valence-corrected chi connectivity index (χ4v) is 8.86. The van der Waals surface area contributed by atoms with Crippen molar-refractivity contribution in [2.75, 3.05) is 0 Å². The first kappa shape index (κ1) is 34.4. The molecular weight excluding hydrogens is 713 g/mol. The number of fused-ring (bicyclic) bond motifs is 6. The highest BCUT2D eigenvalue weighted by atomic mass is 32.1. The lowest BCUT2D eigenvalue weighted by molar-refractivity contribution is 0.667. The molecule has 0 N–H and O–H groups in total. The molecule has 4 heteroatoms. The number of aliphatic imine (C=N–C) groups is 2. The smallest absolute Gasteiger partial charge is 0.160 e. The van der Waals surface area contributed by atoms with Crippen molar-refractivity contribution in [3.8, 4) is 33.4 Å². The van der Waals surface area contributed by atoms with Crippen LogP contribution < -0.4 is 0 Å². The van der Waals surface area contributed by atoms with Gasteiger partial charge in [-0.2, -0.15) is 0 Å². The van der Waals surface area contributed by atoms with Crippen molar-refractivity contribution >= 4 is 70.7 Å². The average molecular weight is 749 g/mol. The van der Waals surface area contributed by atoms with Crippen LogP contribution in [0.2, 0.25) is 0 Å². The molecule has 0 atom stereocenters. The summed E-state index contributed by atoms with van der Waals surface area (Å²) in [4.78, 5) is 10.5. The molecule has 8 aromatic carbocycles. The minimum Gasteiger partial charge on any atom is -0.455 e. The summed E-state index contributed by atoms with van der Waals surface area (Å²) in [5.74, 6) is 0.604. The van der Waals surface area contributed by atoms with E-state index >= 15 is 0 Å². The summed E-state index contributed by atoms with van der Waals surface area (Å²) in [6.07, 6.45) is 0. The second-order valence-electron chi connectivity index (χ2n) is 14.2. The minimum atomic E-state index is 0.589. The van der Waals surface area contributed by atoms with E-state index in [9.17, 15) is 0 Å². The Bertz CT molecular complexity index is 3170. The van der Waals surface area contributed by atoms with E-state index in [2.05, 4.69) is 146 Å². The largest absolute Gasteiger partial charge is 0.455 e. The molecule has 0 aliphatic carbocycles. The molecule has 0 bridgehead atoms. The van der Waals surface area contributed by atoms with Gasteiger partial charge in [0.1, 0.15) is 11.2 Å². The molecule has 3 nitrogen and oxygen atoms in total. The van der Waals surface area contributed by atoms with E-state index in [1.165, 1.54) is 37.0 Å². The number of hydrogen-bond donors (Lipinski definition) is 0. The minimum absolute atomic E-state index is 0.589. The third kappa shape index (κ3) is 6.46. The van der Waals surface area contributed by atoms with E-state index in [-0.39, 0.29) is 0 Å². The van der Waals surface area contributed by atoms with Gasteiger partial charge in [-0.1, -0.05) is 164 Å². The first-order valence-electron chi connectivity index (χ1n) is 19.1. The van der Waals surface area contributed by atoms with Crippen molar-refractivity contribution in [2.45, 2.75) is 6.92 Å². The summed E-state index contributed by atoms with van der Waals surface area (Å²) in [6, 6.07) is 65.9. The van der Waals surface area contributed by atoms with E-state index in [0.29, 0.717) is 11.5 Å². The monoisotopic (exact) mass is 748 g/mol. The Labute approximate surface area is 335 Å². The maximum Gasteiger partial charge on any atom is 0.160 e. The molecule has 270 valence electrons. The van der Waals surface area contributed by atoms with Gasteiger partial charge < -0.3 is 4.42 Å². The molecule has 0 saturated heterocycles. The van der Waals surface area contributed by atoms with Gasteiger partial charge in [0.15, 0.2) is 5.84 Å². The maximum absolute atomic E-state index is 6.40. The van der Waals surface area contributed by atoms with Gasteiger partial charge >= 0.3 is 0 Å². The standard InChI is InChI=1S/C53H36N2OS/c1-34(36-13-5-3-6-14-36)54-53(55-35(2)43-18-11-19-45-44-17-9-10-21-48(44)56-52(43)45)46-20-12-22-50-51(46)47-33-42(31-32-49(47)57-50)41-29-27-40(28-30-41)39-25-23-38(24-26-39)37-15-7-4-8-16-37/h3-33H,2H2,1H3. The van der Waals surface area contributed by atoms with Gasteiger partial charge in [0.2, 0.25) is 0 Å². The lowest BCUT2D eigenvalue weighted by atomic mass is 9.97. The molecule has 0 fully saturated rings. The second-order valence-corrected chi connectivity index (χ2v) is 15.3. The van der Waals surface area contributed by atoms with Gasteiger partial charge in [-0.3, -0.25) is 0 Å². The van der Waals surface area contributed by atoms with Crippen molar-refractivity contribution < 1.29 is 4.42 Å². The number of para-hydroxylation sites is 2. The van der Waals surface area contributed by atoms with Crippen molar-refractivity contribution in [1.29, 1.82) is 0 Å². The molecule has 0 spiro atoms. The first-order valence-corrected chi connectivity index (χ1v) is 19.9. The zero-order chi connectivity index (χ0) is 38.3. The summed E-state index contributed by atoms with van der Waals surface area (Å²) >= 11 is 1.79. The van der Waals surface area contributed by atoms with Crippen molar-refractivity contribution in [3.63, 3.8) is 0 Å². The Balaban J connectivity index is 1.06. The molecule has 0 radical (unpaired) electrons. The molecule has 0 amide bonds. The summed E-state index contributed by atoms with van der Waals surface area (Å²) in [5, 5.41) is 4.42. The number of furan rings is 1. The number of amidine groups is 1. The third-order valence-electron chi connectivity index (χ3n) is 10.7. The van der Waals surface area contributed by atoms with Gasteiger partial charge in [-0.15, -0.1) is 11.3 Å². The maximum atomic E-state index is 6.40. The highest BCUT2D eigenvalue weighted by Gasteiger charge is 2.18. The quantitative estimate of drug-likeness (QED) is 0.118. The Morgan fingerprint density at radius 2 is 1.04 bits per heavy atom. The van der Waals surface area contributed by atoms with Gasteiger partial charge in [0.25, 0.3) is 0 Å². The Kier molecular flexibility index (Phi) is 8.74. The number of thiophene rings is 1. The Hall–Kier alpha value is -7.14. The Morgan fingerprint density at radius 3 is 1.75 bits per heavy atom. The van der Waals surface area contributed by atoms with E-state index < -0.39 is 0 Å². The molecule has 0 saturated carbocycles. The molecule has 10 rings (SSSR count). The molecule has 0 aliphatic rings. The summed E-state index contributed by atoms with van der Waals surface area (Å²) < 4.78 is 8.80. The van der Waals surface area contributed by atoms with E-state index in [0.717, 1.165) is 60.9 Å². The second kappa shape index (κ2) is 14.5. The first-order chi connectivity index (χ1) is 28.1. The molecule has 2 aromatic heterocycles. The molecule has 2 heterocycles. The topological polar surface area (TPSA) is 37.9 Å². The Morgan fingerprint density at radius 1 is 0.474 bits per heavy atom. The van der Waals surface area contributed by atoms with Gasteiger partial charge in [0.05, 0.1) is 5.70 Å². The lowest BCUT2D eigenvalue weighted by Gasteiger charge is -2.10. The fraction of sp³-hybridized carbons (Fsp3) is 0.0189. The molecule has 10 aromatic rings. The highest BCUT2D eigenvalue weighted by Crippen LogP contribution is 2.40. The lowest BCUT2D eigenvalue weighted by Crippen LogP contribution is -2.05. The molecular formula is C53H36N2OS. The average Bonchev–Trinajstić information content (AvgIpc) is 3.85. The number of rotatable bonds is 7. The van der Waals surface area contributed by atoms with Crippen molar-refractivity contribution in [3.05, 3.63) is 211 Å². The van der Waals surface area contributed by atoms with Crippen LogP contribution in [-0.4, -0.2) is 11.5 Å². The predicted octanol–water partition coefficient (Wildman–Crippen LogP) is 14.9. The van der Waals surface area contributed by atoms with E-state index in [1.807, 2.05) is 55.5 Å². The van der Waals surface area contributed by atoms with Crippen molar-refractivity contribution in [2.24, 2.45) is 9.98 Å². The third-order valence-corrected chi connectivity index (χ3v) is 11.8. The van der Waals surface area contributed by atoms with Gasteiger partial charge in [-0.05, 0) is 76.2 Å². The zero-order valence-electron chi connectivity index (χ0n) is 31.3. The van der Waals surface area contributed by atoms with E-state index in [1.54, 1.807) is 11.3 Å². The summed E-state index contributed by atoms with van der Waals surface area (Å²) in [5.41, 5.74) is 13.1. The van der Waals surface area contributed by atoms with Crippen LogP contribution in [0.1, 0.15) is 23.6 Å². The fourth-order valence-electron chi connectivity index (χ4n) is 7.74. The van der Waals surface area contributed by atoms with Crippen LogP contribution in [-0.2, 0) is 0 Å². The SMILES string of the molecule is C=C(N=C(N=C(C)c1ccccc1)c1cccc2sc3ccc(-c4ccc(-c5ccc(-c6ccccc6)cc5)cc4)cc3c12)c1cccc2c1oc1ccccc12. The number of hydrogen-bond acceptors (Lipinski definition) is 3.